The molecule has 3 heterocycles. The number of carbonyl (C=O) groups is 2. The Morgan fingerprint density at radius 2 is 1.74 bits per heavy atom. The van der Waals surface area contributed by atoms with E-state index in [0.29, 0.717) is 29.2 Å². The van der Waals surface area contributed by atoms with Gasteiger partial charge < -0.3 is 19.1 Å². The molecular weight excluding hydrogens is 674 g/mol. The number of rotatable bonds is 12. The maximum atomic E-state index is 13.1. The largest absolute Gasteiger partial charge is 0.507 e. The number of thioether (sulfide) groups is 1. The Hall–Kier alpha value is -4.74. The number of phenols is 1. The summed E-state index contributed by atoms with van der Waals surface area (Å²) in [5.74, 6) is 0.153. The topological polar surface area (TPSA) is 113 Å². The number of hydrogen-bond donors (Lipinski definition) is 1. The summed E-state index contributed by atoms with van der Waals surface area (Å²) in [5, 5.41) is 23.4. The van der Waals surface area contributed by atoms with E-state index in [-0.39, 0.29) is 18.1 Å². The molecule has 10 nitrogen and oxygen atoms in total. The minimum atomic E-state index is -0.490. The van der Waals surface area contributed by atoms with Gasteiger partial charge in [-0.15, -0.1) is 11.8 Å². The molecule has 0 unspecified atom stereocenters. The smallest absolute Gasteiger partial charge is 0.354 e. The van der Waals surface area contributed by atoms with Crippen molar-refractivity contribution in [2.45, 2.75) is 56.7 Å². The third kappa shape index (κ3) is 6.72. The molecule has 0 radical (unpaired) electrons. The van der Waals surface area contributed by atoms with E-state index in [2.05, 4.69) is 12.1 Å². The molecule has 0 amide bonds. The van der Waals surface area contributed by atoms with Crippen LogP contribution in [0.1, 0.15) is 51.5 Å². The molecule has 0 saturated heterocycles. The lowest BCUT2D eigenvalue weighted by molar-refractivity contribution is -0.140. The van der Waals surface area contributed by atoms with Crippen LogP contribution in [-0.4, -0.2) is 55.4 Å². The van der Waals surface area contributed by atoms with Crippen molar-refractivity contribution in [3.05, 3.63) is 93.5 Å². The van der Waals surface area contributed by atoms with Crippen LogP contribution in [0.15, 0.2) is 59.5 Å². The van der Waals surface area contributed by atoms with Gasteiger partial charge in [-0.05, 0) is 73.9 Å². The number of ether oxygens (including phenoxy) is 2. The van der Waals surface area contributed by atoms with Gasteiger partial charge in [0.05, 0.1) is 41.8 Å². The average molecular weight is 714 g/mol. The van der Waals surface area contributed by atoms with Crippen LogP contribution in [0.25, 0.3) is 32.9 Å². The van der Waals surface area contributed by atoms with Crippen molar-refractivity contribution >= 4 is 57.0 Å². The first-order valence-electron chi connectivity index (χ1n) is 16.4. The highest BCUT2D eigenvalue weighted by Gasteiger charge is 2.28. The lowest BCUT2D eigenvalue weighted by atomic mass is 10.00. The second-order valence-electron chi connectivity index (χ2n) is 12.4. The number of fused-ring (bicyclic) bond motifs is 2. The molecule has 0 atom stereocenters. The van der Waals surface area contributed by atoms with Crippen LogP contribution < -0.4 is 0 Å². The Labute approximate surface area is 299 Å². The van der Waals surface area contributed by atoms with Gasteiger partial charge in [-0.25, -0.2) is 4.79 Å². The number of halogens is 1. The summed E-state index contributed by atoms with van der Waals surface area (Å²) in [6.45, 7) is 4.63. The zero-order chi connectivity index (χ0) is 35.7. The number of benzene rings is 3. The SMILES string of the molecule is COC(=O)CCc1c(C(=O)OC)n(C)c2c(-c3c(C)c(C)nn3CCCc3cc(CSc4cc(O)c5ccccc5c4)n(C)n3)c(Cl)ccc12. The van der Waals surface area contributed by atoms with Crippen LogP contribution in [-0.2, 0) is 53.5 Å². The van der Waals surface area contributed by atoms with E-state index in [4.69, 9.17) is 31.3 Å². The van der Waals surface area contributed by atoms with Crippen LogP contribution >= 0.6 is 23.4 Å². The van der Waals surface area contributed by atoms with E-state index in [1.54, 1.807) is 11.8 Å². The Morgan fingerprint density at radius 1 is 0.960 bits per heavy atom. The molecule has 0 aliphatic heterocycles. The van der Waals surface area contributed by atoms with Crippen LogP contribution in [0.5, 0.6) is 5.75 Å². The van der Waals surface area contributed by atoms with Gasteiger partial charge in [-0.3, -0.25) is 14.2 Å². The highest BCUT2D eigenvalue weighted by Crippen LogP contribution is 2.41. The maximum absolute atomic E-state index is 13.1. The van der Waals surface area contributed by atoms with Crippen molar-refractivity contribution in [3.63, 3.8) is 0 Å². The van der Waals surface area contributed by atoms with Crippen molar-refractivity contribution in [2.75, 3.05) is 14.2 Å². The summed E-state index contributed by atoms with van der Waals surface area (Å²) >= 11 is 8.64. The monoisotopic (exact) mass is 713 g/mol. The standard InChI is InChI=1S/C38H40ClN5O5S/c1-22-23(2)40-44(17-9-11-25-19-26(43(4)41-25)21-50-27-18-24-10-7-8-12-28(24)32(45)20-27)35(22)34-31(39)15-13-29-30(14-16-33(46)48-5)37(38(47)49-6)42(3)36(29)34/h7-8,10,12-13,15,18-20,45H,9,11,14,16-17,21H2,1-6H3. The van der Waals surface area contributed by atoms with Crippen molar-refractivity contribution in [1.29, 1.82) is 0 Å². The molecular formula is C38H40ClN5O5S. The molecule has 3 aromatic heterocycles. The molecule has 6 rings (SSSR count). The number of esters is 2. The number of aromatic nitrogens is 5. The van der Waals surface area contributed by atoms with Gasteiger partial charge in [0, 0.05) is 59.7 Å². The zero-order valence-electron chi connectivity index (χ0n) is 29.0. The Kier molecular flexibility index (Phi) is 10.3. The minimum Gasteiger partial charge on any atom is -0.507 e. The quantitative estimate of drug-likeness (QED) is 0.101. The number of methoxy groups -OCH3 is 2. The van der Waals surface area contributed by atoms with Crippen molar-refractivity contribution in [2.24, 2.45) is 14.1 Å². The van der Waals surface area contributed by atoms with Gasteiger partial charge in [-0.2, -0.15) is 10.2 Å². The Balaban J connectivity index is 1.25. The molecule has 0 bridgehead atoms. The fourth-order valence-electron chi connectivity index (χ4n) is 6.66. The van der Waals surface area contributed by atoms with Gasteiger partial charge in [-0.1, -0.05) is 41.9 Å². The highest BCUT2D eigenvalue weighted by atomic mass is 35.5. The predicted molar refractivity (Wildman–Crippen MR) is 197 cm³/mol. The van der Waals surface area contributed by atoms with Crippen molar-refractivity contribution in [1.82, 2.24) is 24.1 Å². The van der Waals surface area contributed by atoms with E-state index in [0.717, 1.165) is 79.1 Å². The van der Waals surface area contributed by atoms with Gasteiger partial charge in [0.15, 0.2) is 0 Å². The summed E-state index contributed by atoms with van der Waals surface area (Å²) in [4.78, 5) is 26.1. The average Bonchev–Trinajstić information content (AvgIpc) is 3.71. The number of hydrogen-bond acceptors (Lipinski definition) is 8. The third-order valence-corrected chi connectivity index (χ3v) is 10.6. The van der Waals surface area contributed by atoms with E-state index in [1.165, 1.54) is 14.2 Å². The summed E-state index contributed by atoms with van der Waals surface area (Å²) in [6.07, 6.45) is 1.96. The van der Waals surface area contributed by atoms with E-state index in [9.17, 15) is 14.7 Å². The number of nitrogens with zero attached hydrogens (tertiary/aromatic N) is 5. The second kappa shape index (κ2) is 14.6. The first-order chi connectivity index (χ1) is 24.0. The molecule has 50 heavy (non-hydrogen) atoms. The summed E-state index contributed by atoms with van der Waals surface area (Å²) in [7, 11) is 6.47. The molecule has 260 valence electrons. The maximum Gasteiger partial charge on any atom is 0.354 e. The molecule has 1 N–H and O–H groups in total. The highest BCUT2D eigenvalue weighted by molar-refractivity contribution is 7.98. The fraction of sp³-hybridized carbons (Fsp3) is 0.316. The van der Waals surface area contributed by atoms with Gasteiger partial charge in [0.1, 0.15) is 11.4 Å². The lowest BCUT2D eigenvalue weighted by Crippen LogP contribution is -2.12. The predicted octanol–water partition coefficient (Wildman–Crippen LogP) is 7.72. The molecule has 0 spiro atoms. The fourth-order valence-corrected chi connectivity index (χ4v) is 7.89. The number of phenolic OH excluding ortho intramolecular Hbond substituents is 1. The zero-order valence-corrected chi connectivity index (χ0v) is 30.6. The first-order valence-corrected chi connectivity index (χ1v) is 17.7. The van der Waals surface area contributed by atoms with Crippen LogP contribution in [0, 0.1) is 13.8 Å². The molecule has 0 fully saturated rings. The van der Waals surface area contributed by atoms with Crippen LogP contribution in [0.3, 0.4) is 0 Å². The van der Waals surface area contributed by atoms with E-state index < -0.39 is 5.97 Å². The van der Waals surface area contributed by atoms with Crippen molar-refractivity contribution in [3.8, 4) is 17.0 Å². The summed E-state index contributed by atoms with van der Waals surface area (Å²) < 4.78 is 15.8. The Morgan fingerprint density at radius 3 is 2.50 bits per heavy atom. The van der Waals surface area contributed by atoms with E-state index >= 15 is 0 Å². The molecule has 0 aliphatic carbocycles. The van der Waals surface area contributed by atoms with Gasteiger partial charge >= 0.3 is 11.9 Å². The van der Waals surface area contributed by atoms with Crippen molar-refractivity contribution < 1.29 is 24.2 Å². The van der Waals surface area contributed by atoms with Gasteiger partial charge in [0.25, 0.3) is 0 Å². The number of aromatic hydroxyl groups is 1. The summed E-state index contributed by atoms with van der Waals surface area (Å²) in [6, 6.07) is 17.6. The van der Waals surface area contributed by atoms with Crippen LogP contribution in [0.2, 0.25) is 5.02 Å². The first kappa shape index (κ1) is 35.1. The third-order valence-electron chi connectivity index (χ3n) is 9.29. The number of aryl methyl sites for hydroxylation is 6. The lowest BCUT2D eigenvalue weighted by Gasteiger charge is -2.13. The molecule has 6 aromatic rings. The molecule has 0 aliphatic rings. The van der Waals surface area contributed by atoms with Crippen LogP contribution in [0.4, 0.5) is 0 Å². The number of carbonyl (C=O) groups excluding carboxylic acids is 2. The minimum absolute atomic E-state index is 0.120. The van der Waals surface area contributed by atoms with E-state index in [1.807, 2.05) is 84.3 Å². The van der Waals surface area contributed by atoms with Gasteiger partial charge in [0.2, 0.25) is 0 Å². The molecule has 12 heteroatoms. The Bertz CT molecular complexity index is 2250. The normalized spacial score (nSPS) is 11.5. The second-order valence-corrected chi connectivity index (χ2v) is 13.8. The molecule has 0 saturated carbocycles. The molecule has 3 aromatic carbocycles. The summed E-state index contributed by atoms with van der Waals surface area (Å²) in [5.41, 5.74) is 7.47.